The predicted molar refractivity (Wildman–Crippen MR) is 63.3 cm³/mol. The molecule has 0 radical (unpaired) electrons. The molecular formula is C8H16Br2S. The molecule has 0 saturated carbocycles. The molecule has 0 heterocycles. The molecule has 0 atom stereocenters. The third-order valence-electron chi connectivity index (χ3n) is 1.77. The van der Waals surface area contributed by atoms with Gasteiger partial charge in [0, 0.05) is 10.7 Å². The van der Waals surface area contributed by atoms with Crippen LogP contribution in [0.2, 0.25) is 0 Å². The maximum absolute atomic E-state index is 3.55. The van der Waals surface area contributed by atoms with Gasteiger partial charge >= 0.3 is 0 Å². The van der Waals surface area contributed by atoms with Crippen LogP contribution in [0.3, 0.4) is 0 Å². The molecule has 68 valence electrons. The molecule has 0 nitrogen and oxygen atoms in total. The average Bonchev–Trinajstić information content (AvgIpc) is 2.05. The topological polar surface area (TPSA) is 0 Å². The highest BCUT2D eigenvalue weighted by Gasteiger charge is 2.20. The molecule has 3 heteroatoms. The van der Waals surface area contributed by atoms with Crippen LogP contribution in [0.4, 0.5) is 0 Å². The van der Waals surface area contributed by atoms with Gasteiger partial charge in [-0.15, -0.1) is 0 Å². The average molecular weight is 304 g/mol. The van der Waals surface area contributed by atoms with Crippen molar-refractivity contribution >= 4 is 43.6 Å². The number of halogens is 2. The zero-order valence-electron chi connectivity index (χ0n) is 7.20. The Labute approximate surface area is 91.2 Å². The summed E-state index contributed by atoms with van der Waals surface area (Å²) in [6.07, 6.45) is 4.80. The van der Waals surface area contributed by atoms with Gasteiger partial charge < -0.3 is 0 Å². The van der Waals surface area contributed by atoms with Gasteiger partial charge in [-0.1, -0.05) is 38.8 Å². The molecule has 0 aromatic carbocycles. The van der Waals surface area contributed by atoms with Gasteiger partial charge in [0.15, 0.2) is 0 Å². The van der Waals surface area contributed by atoms with Crippen LogP contribution in [-0.4, -0.2) is 22.7 Å². The Kier molecular flexibility index (Phi) is 7.59. The van der Waals surface area contributed by atoms with Crippen molar-refractivity contribution in [2.75, 3.05) is 22.7 Å². The summed E-state index contributed by atoms with van der Waals surface area (Å²) in [6, 6.07) is 0. The summed E-state index contributed by atoms with van der Waals surface area (Å²) in [5.41, 5.74) is 0.454. The van der Waals surface area contributed by atoms with Gasteiger partial charge in [-0.05, 0) is 30.3 Å². The van der Waals surface area contributed by atoms with Gasteiger partial charge in [0.05, 0.1) is 0 Å². The lowest BCUT2D eigenvalue weighted by Gasteiger charge is -2.24. The van der Waals surface area contributed by atoms with E-state index in [9.17, 15) is 0 Å². The van der Waals surface area contributed by atoms with Crippen molar-refractivity contribution in [1.82, 2.24) is 0 Å². The van der Waals surface area contributed by atoms with Gasteiger partial charge in [-0.2, -0.15) is 11.8 Å². The van der Waals surface area contributed by atoms with Crippen LogP contribution in [0, 0.1) is 5.41 Å². The monoisotopic (exact) mass is 302 g/mol. The largest absolute Gasteiger partial charge is 0.165 e. The maximum atomic E-state index is 3.55. The fraction of sp³-hybridized carbons (Fsp3) is 1.00. The van der Waals surface area contributed by atoms with Crippen molar-refractivity contribution < 1.29 is 0 Å². The molecule has 0 N–H and O–H groups in total. The summed E-state index contributed by atoms with van der Waals surface area (Å²) >= 11 is 9.03. The molecule has 0 unspecified atom stereocenters. The van der Waals surface area contributed by atoms with Gasteiger partial charge in [0.2, 0.25) is 0 Å². The van der Waals surface area contributed by atoms with E-state index in [1.54, 1.807) is 0 Å². The van der Waals surface area contributed by atoms with E-state index in [-0.39, 0.29) is 0 Å². The normalized spacial score (nSPS) is 12.0. The summed E-state index contributed by atoms with van der Waals surface area (Å²) in [6.45, 7) is 2.32. The minimum Gasteiger partial charge on any atom is -0.165 e. The van der Waals surface area contributed by atoms with Crippen LogP contribution in [0.5, 0.6) is 0 Å². The predicted octanol–water partition coefficient (Wildman–Crippen LogP) is 3.93. The first kappa shape index (κ1) is 12.3. The fourth-order valence-corrected chi connectivity index (χ4v) is 2.73. The molecule has 0 saturated heterocycles. The minimum atomic E-state index is 0.454. The van der Waals surface area contributed by atoms with E-state index in [1.165, 1.54) is 18.6 Å². The summed E-state index contributed by atoms with van der Waals surface area (Å²) in [5.74, 6) is 1.29. The third kappa shape index (κ3) is 5.53. The quantitative estimate of drug-likeness (QED) is 0.529. The summed E-state index contributed by atoms with van der Waals surface area (Å²) in [7, 11) is 0. The molecule has 0 amide bonds. The second-order valence-corrected chi connectivity index (χ2v) is 5.28. The Balaban J connectivity index is 3.51. The van der Waals surface area contributed by atoms with Crippen molar-refractivity contribution in [2.24, 2.45) is 5.41 Å². The molecule has 0 bridgehead atoms. The van der Waals surface area contributed by atoms with E-state index in [0.29, 0.717) is 5.41 Å². The van der Waals surface area contributed by atoms with Crippen molar-refractivity contribution in [3.8, 4) is 0 Å². The van der Waals surface area contributed by atoms with Crippen LogP contribution >= 0.6 is 43.6 Å². The number of thioether (sulfide) groups is 1. The summed E-state index contributed by atoms with van der Waals surface area (Å²) < 4.78 is 0. The number of hydrogen-bond acceptors (Lipinski definition) is 1. The third-order valence-corrected chi connectivity index (χ3v) is 5.18. The highest BCUT2D eigenvalue weighted by atomic mass is 79.9. The first-order valence-electron chi connectivity index (χ1n) is 3.79. The highest BCUT2D eigenvalue weighted by Crippen LogP contribution is 2.28. The lowest BCUT2D eigenvalue weighted by Crippen LogP contribution is -2.20. The van der Waals surface area contributed by atoms with Crippen molar-refractivity contribution in [3.05, 3.63) is 0 Å². The van der Waals surface area contributed by atoms with Crippen molar-refractivity contribution in [2.45, 2.75) is 19.8 Å². The van der Waals surface area contributed by atoms with E-state index in [4.69, 9.17) is 0 Å². The summed E-state index contributed by atoms with van der Waals surface area (Å²) in [5, 5.41) is 2.19. The Hall–Kier alpha value is 1.31. The van der Waals surface area contributed by atoms with Gasteiger partial charge in [0.1, 0.15) is 0 Å². The van der Waals surface area contributed by atoms with E-state index >= 15 is 0 Å². The summed E-state index contributed by atoms with van der Waals surface area (Å²) in [4.78, 5) is 0. The van der Waals surface area contributed by atoms with Crippen molar-refractivity contribution in [1.29, 1.82) is 0 Å². The van der Waals surface area contributed by atoms with Gasteiger partial charge in [-0.3, -0.25) is 0 Å². The molecule has 11 heavy (non-hydrogen) atoms. The number of alkyl halides is 2. The molecular weight excluding hydrogens is 288 g/mol. The molecule has 0 aromatic heterocycles. The number of hydrogen-bond donors (Lipinski definition) is 0. The molecule has 0 aliphatic rings. The van der Waals surface area contributed by atoms with Crippen molar-refractivity contribution in [3.63, 3.8) is 0 Å². The van der Waals surface area contributed by atoms with Gasteiger partial charge in [0.25, 0.3) is 0 Å². The second-order valence-electron chi connectivity index (χ2n) is 3.17. The van der Waals surface area contributed by atoms with E-state index in [2.05, 4.69) is 45.0 Å². The lowest BCUT2D eigenvalue weighted by molar-refractivity contribution is 0.399. The second kappa shape index (κ2) is 6.79. The van der Waals surface area contributed by atoms with E-state index < -0.39 is 0 Å². The number of rotatable bonds is 6. The van der Waals surface area contributed by atoms with Crippen LogP contribution in [0.1, 0.15) is 19.8 Å². The Morgan fingerprint density at radius 2 is 1.82 bits per heavy atom. The molecule has 0 aliphatic carbocycles. The highest BCUT2D eigenvalue weighted by molar-refractivity contribution is 9.09. The molecule has 0 spiro atoms. The first-order valence-corrected chi connectivity index (χ1v) is 7.43. The Morgan fingerprint density at radius 1 is 1.27 bits per heavy atom. The maximum Gasteiger partial charge on any atom is 0.00933 e. The smallest absolute Gasteiger partial charge is 0.00933 e. The van der Waals surface area contributed by atoms with Crippen LogP contribution in [-0.2, 0) is 0 Å². The van der Waals surface area contributed by atoms with Gasteiger partial charge in [-0.25, -0.2) is 0 Å². The van der Waals surface area contributed by atoms with Crippen LogP contribution in [0.15, 0.2) is 0 Å². The zero-order valence-corrected chi connectivity index (χ0v) is 11.2. The molecule has 0 aliphatic heterocycles. The lowest BCUT2D eigenvalue weighted by atomic mass is 9.91. The fourth-order valence-electron chi connectivity index (χ4n) is 0.813. The molecule has 0 rings (SSSR count). The van der Waals surface area contributed by atoms with E-state index in [0.717, 1.165) is 10.7 Å². The first-order chi connectivity index (χ1) is 5.18. The SMILES string of the molecule is CSCCCC(C)(CBr)CBr. The van der Waals surface area contributed by atoms with E-state index in [1.807, 2.05) is 11.8 Å². The standard InChI is InChI=1S/C8H16Br2S/c1-8(6-9,7-10)4-3-5-11-2/h3-7H2,1-2H3. The molecule has 0 aromatic rings. The Morgan fingerprint density at radius 3 is 2.18 bits per heavy atom. The van der Waals surface area contributed by atoms with Crippen LogP contribution in [0.25, 0.3) is 0 Å². The molecule has 0 fully saturated rings. The zero-order chi connectivity index (χ0) is 8.74. The Bertz CT molecular complexity index is 92.1. The van der Waals surface area contributed by atoms with Crippen LogP contribution < -0.4 is 0 Å². The minimum absolute atomic E-state index is 0.454.